The van der Waals surface area contributed by atoms with Crippen molar-refractivity contribution in [1.82, 2.24) is 14.5 Å². The number of nitrogens with one attached hydrogen (secondary N) is 1. The van der Waals surface area contributed by atoms with Crippen LogP contribution in [0.15, 0.2) is 53.4 Å². The molecule has 1 aliphatic heterocycles. The van der Waals surface area contributed by atoms with Crippen molar-refractivity contribution in [2.45, 2.75) is 31.8 Å². The van der Waals surface area contributed by atoms with Gasteiger partial charge < -0.3 is 10.1 Å². The molecule has 1 heterocycles. The average molecular weight is 446 g/mol. The molecule has 1 aliphatic rings. The molecule has 1 amide bonds. The number of hydrogen-bond acceptors (Lipinski definition) is 5. The predicted molar refractivity (Wildman–Crippen MR) is 121 cm³/mol. The molecule has 0 unspecified atom stereocenters. The zero-order valence-electron chi connectivity index (χ0n) is 18.4. The lowest BCUT2D eigenvalue weighted by molar-refractivity contribution is 0.0945. The number of ether oxygens (including phenoxy) is 1. The van der Waals surface area contributed by atoms with Gasteiger partial charge in [0.15, 0.2) is 0 Å². The van der Waals surface area contributed by atoms with E-state index in [1.54, 1.807) is 36.4 Å². The number of piperazine rings is 1. The number of hydrogen-bond donors (Lipinski definition) is 1. The molecule has 2 aromatic rings. The summed E-state index contributed by atoms with van der Waals surface area (Å²) in [6.07, 6.45) is 0.0898. The predicted octanol–water partition coefficient (Wildman–Crippen LogP) is 2.52. The molecule has 8 heteroatoms. The molecule has 0 saturated carbocycles. The van der Waals surface area contributed by atoms with Crippen LogP contribution in [0.3, 0.4) is 0 Å². The molecule has 0 radical (unpaired) electrons. The molecule has 0 aliphatic carbocycles. The first-order valence-electron chi connectivity index (χ1n) is 10.6. The molecular formula is C23H31N3O4S. The van der Waals surface area contributed by atoms with E-state index in [9.17, 15) is 13.2 Å². The quantitative estimate of drug-likeness (QED) is 0.676. The number of sulfonamides is 1. The third-order valence-electron chi connectivity index (χ3n) is 5.19. The van der Waals surface area contributed by atoms with Gasteiger partial charge in [0.25, 0.3) is 5.91 Å². The van der Waals surface area contributed by atoms with Gasteiger partial charge >= 0.3 is 0 Å². The molecule has 7 nitrogen and oxygen atoms in total. The van der Waals surface area contributed by atoms with Crippen molar-refractivity contribution in [2.75, 3.05) is 39.3 Å². The molecule has 0 atom stereocenters. The Bertz CT molecular complexity index is 965. The molecule has 168 valence electrons. The summed E-state index contributed by atoms with van der Waals surface area (Å²) in [4.78, 5) is 14.8. The van der Waals surface area contributed by atoms with Crippen LogP contribution in [0.5, 0.6) is 5.75 Å². The van der Waals surface area contributed by atoms with Gasteiger partial charge in [0.1, 0.15) is 5.75 Å². The second kappa shape index (κ2) is 10.3. The highest BCUT2D eigenvalue weighted by atomic mass is 32.2. The highest BCUT2D eigenvalue weighted by Gasteiger charge is 2.28. The van der Waals surface area contributed by atoms with E-state index in [-0.39, 0.29) is 12.0 Å². The second-order valence-corrected chi connectivity index (χ2v) is 9.94. The summed E-state index contributed by atoms with van der Waals surface area (Å²) in [7, 11) is -3.46. The van der Waals surface area contributed by atoms with Gasteiger partial charge in [-0.2, -0.15) is 4.31 Å². The summed E-state index contributed by atoms with van der Waals surface area (Å²) < 4.78 is 32.7. The molecular weight excluding hydrogens is 414 g/mol. The van der Waals surface area contributed by atoms with Crippen LogP contribution >= 0.6 is 0 Å². The van der Waals surface area contributed by atoms with E-state index in [1.807, 2.05) is 32.9 Å². The maximum absolute atomic E-state index is 12.8. The minimum atomic E-state index is -3.46. The van der Waals surface area contributed by atoms with Crippen molar-refractivity contribution in [3.05, 3.63) is 59.7 Å². The van der Waals surface area contributed by atoms with Crippen molar-refractivity contribution in [2.24, 2.45) is 0 Å². The zero-order chi connectivity index (χ0) is 22.4. The summed E-state index contributed by atoms with van der Waals surface area (Å²) in [5.41, 5.74) is 1.62. The first-order valence-corrected chi connectivity index (χ1v) is 12.0. The maximum Gasteiger partial charge on any atom is 0.251 e. The van der Waals surface area contributed by atoms with Gasteiger partial charge in [0.05, 0.1) is 11.0 Å². The standard InChI is InChI=1S/C23H31N3O4S/c1-18(2)30-21-8-6-20(7-9-21)23(27)24-12-13-25-14-16-26(17-15-25)31(28,29)22-10-4-19(3)5-11-22/h4-11,18H,12-17H2,1-3H3,(H,24,27). The number of carbonyl (C=O) groups excluding carboxylic acids is 1. The van der Waals surface area contributed by atoms with E-state index in [4.69, 9.17) is 4.74 Å². The lowest BCUT2D eigenvalue weighted by Gasteiger charge is -2.34. The number of aryl methyl sites for hydroxylation is 1. The van der Waals surface area contributed by atoms with E-state index >= 15 is 0 Å². The molecule has 2 aromatic carbocycles. The van der Waals surface area contributed by atoms with Crippen LogP contribution in [0.4, 0.5) is 0 Å². The Morgan fingerprint density at radius 1 is 1.00 bits per heavy atom. The van der Waals surface area contributed by atoms with Gasteiger partial charge in [-0.25, -0.2) is 8.42 Å². The van der Waals surface area contributed by atoms with Crippen LogP contribution in [-0.2, 0) is 10.0 Å². The van der Waals surface area contributed by atoms with Crippen molar-refractivity contribution in [1.29, 1.82) is 0 Å². The normalized spacial score (nSPS) is 15.7. The van der Waals surface area contributed by atoms with Gasteiger partial charge in [-0.3, -0.25) is 9.69 Å². The van der Waals surface area contributed by atoms with E-state index in [0.717, 1.165) is 11.3 Å². The fourth-order valence-corrected chi connectivity index (χ4v) is 4.86. The van der Waals surface area contributed by atoms with E-state index < -0.39 is 10.0 Å². The third-order valence-corrected chi connectivity index (χ3v) is 7.10. The summed E-state index contributed by atoms with van der Waals surface area (Å²) >= 11 is 0. The molecule has 1 fully saturated rings. The molecule has 0 spiro atoms. The first kappa shape index (κ1) is 23.2. The van der Waals surface area contributed by atoms with Crippen LogP contribution < -0.4 is 10.1 Å². The first-order chi connectivity index (χ1) is 14.8. The largest absolute Gasteiger partial charge is 0.491 e. The van der Waals surface area contributed by atoms with Gasteiger partial charge in [-0.15, -0.1) is 0 Å². The van der Waals surface area contributed by atoms with Crippen molar-refractivity contribution >= 4 is 15.9 Å². The fraction of sp³-hybridized carbons (Fsp3) is 0.435. The SMILES string of the molecule is Cc1ccc(S(=O)(=O)N2CCN(CCNC(=O)c3ccc(OC(C)C)cc3)CC2)cc1. The molecule has 1 N–H and O–H groups in total. The van der Waals surface area contributed by atoms with Gasteiger partial charge in [0.2, 0.25) is 10.0 Å². The Morgan fingerprint density at radius 2 is 1.61 bits per heavy atom. The smallest absolute Gasteiger partial charge is 0.251 e. The Morgan fingerprint density at radius 3 is 2.19 bits per heavy atom. The Kier molecular flexibility index (Phi) is 7.69. The lowest BCUT2D eigenvalue weighted by atomic mass is 10.2. The van der Waals surface area contributed by atoms with Gasteiger partial charge in [-0.1, -0.05) is 17.7 Å². The van der Waals surface area contributed by atoms with Crippen molar-refractivity contribution in [3.63, 3.8) is 0 Å². The summed E-state index contributed by atoms with van der Waals surface area (Å²) in [5, 5.41) is 2.93. The zero-order valence-corrected chi connectivity index (χ0v) is 19.2. The third kappa shape index (κ3) is 6.29. The number of nitrogens with zero attached hydrogens (tertiary/aromatic N) is 2. The van der Waals surface area contributed by atoms with Crippen LogP contribution in [0.25, 0.3) is 0 Å². The Balaban J connectivity index is 1.43. The number of carbonyl (C=O) groups is 1. The summed E-state index contributed by atoms with van der Waals surface area (Å²) in [6.45, 7) is 9.21. The highest BCUT2D eigenvalue weighted by Crippen LogP contribution is 2.18. The van der Waals surface area contributed by atoms with Crippen molar-refractivity contribution in [3.8, 4) is 5.75 Å². The summed E-state index contributed by atoms with van der Waals surface area (Å²) in [5.74, 6) is 0.613. The lowest BCUT2D eigenvalue weighted by Crippen LogP contribution is -2.50. The van der Waals surface area contributed by atoms with Gasteiger partial charge in [0, 0.05) is 44.8 Å². The Hall–Kier alpha value is -2.42. The van der Waals surface area contributed by atoms with E-state index in [2.05, 4.69) is 10.2 Å². The van der Waals surface area contributed by atoms with Crippen LogP contribution in [0, 0.1) is 6.92 Å². The maximum atomic E-state index is 12.8. The van der Waals surface area contributed by atoms with Gasteiger partial charge in [-0.05, 0) is 57.2 Å². The molecule has 31 heavy (non-hydrogen) atoms. The minimum Gasteiger partial charge on any atom is -0.491 e. The van der Waals surface area contributed by atoms with E-state index in [1.165, 1.54) is 4.31 Å². The number of benzene rings is 2. The number of rotatable bonds is 8. The highest BCUT2D eigenvalue weighted by molar-refractivity contribution is 7.89. The monoisotopic (exact) mass is 445 g/mol. The molecule has 0 bridgehead atoms. The van der Waals surface area contributed by atoms with Crippen molar-refractivity contribution < 1.29 is 17.9 Å². The number of amides is 1. The summed E-state index contributed by atoms with van der Waals surface area (Å²) in [6, 6.07) is 14.0. The average Bonchev–Trinajstić information content (AvgIpc) is 2.74. The van der Waals surface area contributed by atoms with Crippen LogP contribution in [0.2, 0.25) is 0 Å². The topological polar surface area (TPSA) is 79.0 Å². The van der Waals surface area contributed by atoms with Crippen LogP contribution in [0.1, 0.15) is 29.8 Å². The fourth-order valence-electron chi connectivity index (χ4n) is 3.44. The minimum absolute atomic E-state index is 0.0898. The molecule has 3 rings (SSSR count). The van der Waals surface area contributed by atoms with E-state index in [0.29, 0.717) is 49.7 Å². The molecule has 1 saturated heterocycles. The Labute approximate surface area is 185 Å². The van der Waals surface area contributed by atoms with Crippen LogP contribution in [-0.4, -0.2) is 68.9 Å². The second-order valence-electron chi connectivity index (χ2n) is 8.01. The molecule has 0 aromatic heterocycles.